The van der Waals surface area contributed by atoms with Gasteiger partial charge in [0, 0.05) is 12.4 Å². The third-order valence-corrected chi connectivity index (χ3v) is 3.10. The van der Waals surface area contributed by atoms with Gasteiger partial charge >= 0.3 is 0 Å². The fourth-order valence-electron chi connectivity index (χ4n) is 1.13. The average Bonchev–Trinajstić information content (AvgIpc) is 2.08. The van der Waals surface area contributed by atoms with Crippen LogP contribution in [-0.4, -0.2) is 19.0 Å². The molecule has 0 saturated heterocycles. The van der Waals surface area contributed by atoms with Crippen LogP contribution in [-0.2, 0) is 0 Å². The molecule has 0 aromatic carbocycles. The minimum atomic E-state index is 0.331. The van der Waals surface area contributed by atoms with E-state index in [0.29, 0.717) is 5.41 Å². The van der Waals surface area contributed by atoms with Gasteiger partial charge in [0.1, 0.15) is 0 Å². The largest absolute Gasteiger partial charge is 0.316 e. The molecule has 1 N–H and O–H groups in total. The van der Waals surface area contributed by atoms with Crippen molar-refractivity contribution in [3.8, 4) is 0 Å². The first-order chi connectivity index (χ1) is 5.24. The predicted octanol–water partition coefficient (Wildman–Crippen LogP) is 2.64. The van der Waals surface area contributed by atoms with E-state index in [9.17, 15) is 0 Å². The van der Waals surface area contributed by atoms with Crippen LogP contribution in [0.4, 0.5) is 0 Å². The van der Waals surface area contributed by atoms with E-state index in [2.05, 4.69) is 26.1 Å². The number of rotatable bonds is 6. The van der Waals surface area contributed by atoms with Gasteiger partial charge in [0.2, 0.25) is 0 Å². The monoisotopic (exact) mass is 177 g/mol. The second-order valence-electron chi connectivity index (χ2n) is 3.12. The fraction of sp³-hybridized carbons (Fsp3) is 1.00. The van der Waals surface area contributed by atoms with Crippen LogP contribution in [0.2, 0.25) is 0 Å². The molecule has 0 unspecified atom stereocenters. The van der Waals surface area contributed by atoms with Crippen molar-refractivity contribution >= 4 is 11.6 Å². The highest BCUT2D eigenvalue weighted by Crippen LogP contribution is 2.26. The van der Waals surface area contributed by atoms with E-state index in [1.165, 1.54) is 12.8 Å². The van der Waals surface area contributed by atoms with Crippen molar-refractivity contribution in [2.45, 2.75) is 33.6 Å². The Bertz CT molecular complexity index is 81.3. The SMILES string of the molecule is CCNCC(CC)(CC)CCl. The van der Waals surface area contributed by atoms with E-state index < -0.39 is 0 Å². The summed E-state index contributed by atoms with van der Waals surface area (Å²) in [7, 11) is 0. The van der Waals surface area contributed by atoms with Gasteiger partial charge in [-0.25, -0.2) is 0 Å². The van der Waals surface area contributed by atoms with Crippen molar-refractivity contribution in [2.24, 2.45) is 5.41 Å². The molecule has 0 rings (SSSR count). The molecule has 68 valence electrons. The zero-order valence-corrected chi connectivity index (χ0v) is 8.67. The minimum absolute atomic E-state index is 0.331. The van der Waals surface area contributed by atoms with Crippen molar-refractivity contribution in [3.05, 3.63) is 0 Å². The van der Waals surface area contributed by atoms with Gasteiger partial charge in [0.25, 0.3) is 0 Å². The molecule has 0 radical (unpaired) electrons. The van der Waals surface area contributed by atoms with Crippen LogP contribution >= 0.6 is 11.6 Å². The Kier molecular flexibility index (Phi) is 5.98. The van der Waals surface area contributed by atoms with E-state index in [0.717, 1.165) is 19.0 Å². The van der Waals surface area contributed by atoms with Gasteiger partial charge in [0.15, 0.2) is 0 Å². The quantitative estimate of drug-likeness (QED) is 0.616. The van der Waals surface area contributed by atoms with Gasteiger partial charge in [-0.3, -0.25) is 0 Å². The van der Waals surface area contributed by atoms with Crippen LogP contribution in [0, 0.1) is 5.41 Å². The third kappa shape index (κ3) is 3.44. The minimum Gasteiger partial charge on any atom is -0.316 e. The van der Waals surface area contributed by atoms with Crippen molar-refractivity contribution in [3.63, 3.8) is 0 Å². The van der Waals surface area contributed by atoms with Gasteiger partial charge in [-0.2, -0.15) is 0 Å². The van der Waals surface area contributed by atoms with Crippen LogP contribution in [0.25, 0.3) is 0 Å². The van der Waals surface area contributed by atoms with E-state index in [1.807, 2.05) is 0 Å². The topological polar surface area (TPSA) is 12.0 Å². The Balaban J connectivity index is 3.84. The molecule has 0 saturated carbocycles. The first-order valence-corrected chi connectivity index (χ1v) is 5.04. The summed E-state index contributed by atoms with van der Waals surface area (Å²) in [5.41, 5.74) is 0.331. The lowest BCUT2D eigenvalue weighted by Crippen LogP contribution is -2.34. The molecule has 0 aromatic heterocycles. The predicted molar refractivity (Wildman–Crippen MR) is 52.3 cm³/mol. The standard InChI is InChI=1S/C9H20ClN/c1-4-9(5-2,7-10)8-11-6-3/h11H,4-8H2,1-3H3. The molecule has 0 fully saturated rings. The Morgan fingerprint density at radius 2 is 1.73 bits per heavy atom. The molecule has 0 aromatic rings. The lowest BCUT2D eigenvalue weighted by Gasteiger charge is -2.29. The molecule has 0 spiro atoms. The van der Waals surface area contributed by atoms with Crippen LogP contribution < -0.4 is 5.32 Å². The molecule has 0 aliphatic rings. The highest BCUT2D eigenvalue weighted by molar-refractivity contribution is 6.18. The van der Waals surface area contributed by atoms with Gasteiger partial charge in [-0.15, -0.1) is 11.6 Å². The molecular weight excluding hydrogens is 158 g/mol. The summed E-state index contributed by atoms with van der Waals surface area (Å²) in [5, 5.41) is 3.36. The number of halogens is 1. The summed E-state index contributed by atoms with van der Waals surface area (Å²) in [4.78, 5) is 0. The molecule has 1 nitrogen and oxygen atoms in total. The first kappa shape index (κ1) is 11.2. The van der Waals surface area contributed by atoms with Gasteiger partial charge < -0.3 is 5.32 Å². The Morgan fingerprint density at radius 1 is 1.18 bits per heavy atom. The van der Waals surface area contributed by atoms with E-state index in [4.69, 9.17) is 11.6 Å². The molecule has 0 bridgehead atoms. The van der Waals surface area contributed by atoms with Crippen molar-refractivity contribution < 1.29 is 0 Å². The molecule has 0 aliphatic carbocycles. The maximum atomic E-state index is 5.92. The molecule has 0 heterocycles. The summed E-state index contributed by atoms with van der Waals surface area (Å²) < 4.78 is 0. The summed E-state index contributed by atoms with van der Waals surface area (Å²) >= 11 is 5.92. The van der Waals surface area contributed by atoms with Crippen LogP contribution in [0.1, 0.15) is 33.6 Å². The number of hydrogen-bond donors (Lipinski definition) is 1. The van der Waals surface area contributed by atoms with Crippen molar-refractivity contribution in [1.82, 2.24) is 5.32 Å². The molecule has 0 amide bonds. The lowest BCUT2D eigenvalue weighted by atomic mass is 9.84. The third-order valence-electron chi connectivity index (χ3n) is 2.53. The van der Waals surface area contributed by atoms with Crippen LogP contribution in [0.15, 0.2) is 0 Å². The van der Waals surface area contributed by atoms with Gasteiger partial charge in [0.05, 0.1) is 0 Å². The lowest BCUT2D eigenvalue weighted by molar-refractivity contribution is 0.289. The second-order valence-corrected chi connectivity index (χ2v) is 3.39. The maximum Gasteiger partial charge on any atom is 0.0291 e. The number of alkyl halides is 1. The Labute approximate surface area is 75.5 Å². The molecule has 2 heteroatoms. The van der Waals surface area contributed by atoms with E-state index in [1.54, 1.807) is 0 Å². The summed E-state index contributed by atoms with van der Waals surface area (Å²) in [6.45, 7) is 8.65. The number of hydrogen-bond acceptors (Lipinski definition) is 1. The second kappa shape index (κ2) is 5.84. The highest BCUT2D eigenvalue weighted by atomic mass is 35.5. The van der Waals surface area contributed by atoms with E-state index >= 15 is 0 Å². The molecule has 11 heavy (non-hydrogen) atoms. The summed E-state index contributed by atoms with van der Waals surface area (Å²) in [6, 6.07) is 0. The summed E-state index contributed by atoms with van der Waals surface area (Å²) in [6.07, 6.45) is 2.33. The smallest absolute Gasteiger partial charge is 0.0291 e. The molecule has 0 aliphatic heterocycles. The van der Waals surface area contributed by atoms with Crippen molar-refractivity contribution in [2.75, 3.05) is 19.0 Å². The summed E-state index contributed by atoms with van der Waals surface area (Å²) in [5.74, 6) is 0.771. The first-order valence-electron chi connectivity index (χ1n) is 4.51. The maximum absolute atomic E-state index is 5.92. The van der Waals surface area contributed by atoms with E-state index in [-0.39, 0.29) is 0 Å². The highest BCUT2D eigenvalue weighted by Gasteiger charge is 2.23. The Hall–Kier alpha value is 0.250. The van der Waals surface area contributed by atoms with Crippen molar-refractivity contribution in [1.29, 1.82) is 0 Å². The average molecular weight is 178 g/mol. The van der Waals surface area contributed by atoms with Crippen LogP contribution in [0.5, 0.6) is 0 Å². The van der Waals surface area contributed by atoms with Gasteiger partial charge in [-0.05, 0) is 24.8 Å². The normalized spacial score (nSPS) is 12.0. The van der Waals surface area contributed by atoms with Gasteiger partial charge in [-0.1, -0.05) is 20.8 Å². The fourth-order valence-corrected chi connectivity index (χ4v) is 1.60. The van der Waals surface area contributed by atoms with Crippen LogP contribution in [0.3, 0.4) is 0 Å². The number of nitrogens with one attached hydrogen (secondary N) is 1. The zero-order valence-electron chi connectivity index (χ0n) is 7.91. The molecule has 0 atom stereocenters. The molecular formula is C9H20ClN. The Morgan fingerprint density at radius 3 is 2.00 bits per heavy atom. The zero-order chi connectivity index (χ0) is 8.74.